The zero-order valence-electron chi connectivity index (χ0n) is 11.4. The number of carbonyl (C=O) groups excluding carboxylic acids is 1. The van der Waals surface area contributed by atoms with Gasteiger partial charge < -0.3 is 14.8 Å². The largest absolute Gasteiger partial charge is 0.468 e. The van der Waals surface area contributed by atoms with Crippen LogP contribution in [0, 0.1) is 5.92 Å². The molecule has 1 saturated carbocycles. The number of ether oxygens (including phenoxy) is 2. The fraction of sp³-hybridized carbons (Fsp3) is 0.923. The Hall–Kier alpha value is -0.650. The molecule has 0 aromatic carbocycles. The summed E-state index contributed by atoms with van der Waals surface area (Å²) in [5.74, 6) is 0.357. The molecule has 1 saturated heterocycles. The van der Waals surface area contributed by atoms with Gasteiger partial charge >= 0.3 is 5.97 Å². The Morgan fingerprint density at radius 2 is 2.11 bits per heavy atom. The predicted molar refractivity (Wildman–Crippen MR) is 68.4 cm³/mol. The Bertz CT molecular complexity index is 275. The van der Waals surface area contributed by atoms with Crippen LogP contribution < -0.4 is 5.32 Å². The van der Waals surface area contributed by atoms with Gasteiger partial charge in [-0.25, -0.2) is 0 Å². The molecule has 2 atom stereocenters. The van der Waals surface area contributed by atoms with Gasteiger partial charge in [0, 0.05) is 25.7 Å². The summed E-state index contributed by atoms with van der Waals surface area (Å²) < 4.78 is 10.2. The van der Waals surface area contributed by atoms with Gasteiger partial charge in [0.25, 0.3) is 0 Å². The summed E-state index contributed by atoms with van der Waals surface area (Å²) in [5.41, 5.74) is 0. The van der Waals surface area contributed by atoms with E-state index in [1.807, 2.05) is 0 Å². The Morgan fingerprint density at radius 3 is 2.67 bits per heavy atom. The van der Waals surface area contributed by atoms with E-state index in [0.717, 1.165) is 45.7 Å². The van der Waals surface area contributed by atoms with Crippen molar-refractivity contribution in [3.63, 3.8) is 0 Å². The molecule has 5 heteroatoms. The van der Waals surface area contributed by atoms with E-state index in [1.54, 1.807) is 0 Å². The summed E-state index contributed by atoms with van der Waals surface area (Å²) >= 11 is 0. The van der Waals surface area contributed by atoms with Gasteiger partial charge in [-0.3, -0.25) is 9.69 Å². The molecule has 0 bridgehead atoms. The summed E-state index contributed by atoms with van der Waals surface area (Å²) in [6.45, 7) is 6.69. The smallest absolute Gasteiger partial charge is 0.323 e. The molecule has 104 valence electrons. The minimum Gasteiger partial charge on any atom is -0.468 e. The number of morpholine rings is 1. The maximum Gasteiger partial charge on any atom is 0.323 e. The second-order valence-electron chi connectivity index (χ2n) is 5.32. The van der Waals surface area contributed by atoms with Crippen LogP contribution in [0.3, 0.4) is 0 Å². The van der Waals surface area contributed by atoms with Gasteiger partial charge in [0.1, 0.15) is 6.04 Å². The molecule has 2 fully saturated rings. The standard InChI is InChI=1S/C13H24N2O3/c1-10(9-15-5-7-18-8-6-15)14-12(11-3-4-11)13(16)17-2/h10-12,14H,3-9H2,1-2H3. The third kappa shape index (κ3) is 3.93. The number of carbonyl (C=O) groups is 1. The van der Waals surface area contributed by atoms with Crippen molar-refractivity contribution in [2.45, 2.75) is 31.8 Å². The van der Waals surface area contributed by atoms with Crippen molar-refractivity contribution in [2.24, 2.45) is 5.92 Å². The zero-order chi connectivity index (χ0) is 13.0. The first kappa shape index (κ1) is 13.8. The molecule has 1 aliphatic carbocycles. The predicted octanol–water partition coefficient (Wildman–Crippen LogP) is 0.248. The highest BCUT2D eigenvalue weighted by Crippen LogP contribution is 2.33. The van der Waals surface area contributed by atoms with E-state index in [-0.39, 0.29) is 12.0 Å². The fourth-order valence-corrected chi connectivity index (χ4v) is 2.48. The molecule has 2 rings (SSSR count). The van der Waals surface area contributed by atoms with Crippen LogP contribution in [0.5, 0.6) is 0 Å². The maximum absolute atomic E-state index is 11.7. The normalized spacial score (nSPS) is 24.6. The summed E-state index contributed by atoms with van der Waals surface area (Å²) in [5, 5.41) is 3.42. The third-order valence-corrected chi connectivity index (χ3v) is 3.65. The van der Waals surface area contributed by atoms with E-state index < -0.39 is 0 Å². The molecule has 0 amide bonds. The monoisotopic (exact) mass is 256 g/mol. The van der Waals surface area contributed by atoms with Crippen molar-refractivity contribution in [1.29, 1.82) is 0 Å². The number of nitrogens with zero attached hydrogens (tertiary/aromatic N) is 1. The quantitative estimate of drug-likeness (QED) is 0.690. The topological polar surface area (TPSA) is 50.8 Å². The molecule has 2 unspecified atom stereocenters. The third-order valence-electron chi connectivity index (χ3n) is 3.65. The second-order valence-corrected chi connectivity index (χ2v) is 5.32. The number of methoxy groups -OCH3 is 1. The van der Waals surface area contributed by atoms with Crippen LogP contribution in [0.4, 0.5) is 0 Å². The molecule has 1 heterocycles. The highest BCUT2D eigenvalue weighted by Gasteiger charge is 2.37. The SMILES string of the molecule is COC(=O)C(NC(C)CN1CCOCC1)C1CC1. The lowest BCUT2D eigenvalue weighted by Crippen LogP contribution is -2.50. The Morgan fingerprint density at radius 1 is 1.44 bits per heavy atom. The first-order valence-electron chi connectivity index (χ1n) is 6.84. The van der Waals surface area contributed by atoms with E-state index >= 15 is 0 Å². The highest BCUT2D eigenvalue weighted by atomic mass is 16.5. The average molecular weight is 256 g/mol. The van der Waals surface area contributed by atoms with Crippen molar-refractivity contribution in [2.75, 3.05) is 40.0 Å². The van der Waals surface area contributed by atoms with Gasteiger partial charge in [-0.15, -0.1) is 0 Å². The van der Waals surface area contributed by atoms with E-state index in [1.165, 1.54) is 7.11 Å². The molecule has 18 heavy (non-hydrogen) atoms. The minimum atomic E-state index is -0.119. The number of hydrogen-bond acceptors (Lipinski definition) is 5. The number of nitrogens with one attached hydrogen (secondary N) is 1. The van der Waals surface area contributed by atoms with Gasteiger partial charge in [0.2, 0.25) is 0 Å². The average Bonchev–Trinajstić information content (AvgIpc) is 3.20. The summed E-state index contributed by atoms with van der Waals surface area (Å²) in [6.07, 6.45) is 2.27. The molecule has 5 nitrogen and oxygen atoms in total. The number of hydrogen-bond donors (Lipinski definition) is 1. The van der Waals surface area contributed by atoms with Gasteiger partial charge in [-0.05, 0) is 25.7 Å². The Balaban J connectivity index is 1.77. The molecule has 0 radical (unpaired) electrons. The summed E-state index contributed by atoms with van der Waals surface area (Å²) in [4.78, 5) is 14.1. The van der Waals surface area contributed by atoms with Crippen LogP contribution in [0.25, 0.3) is 0 Å². The summed E-state index contributed by atoms with van der Waals surface area (Å²) in [6, 6.07) is 0.179. The van der Waals surface area contributed by atoms with Crippen molar-refractivity contribution < 1.29 is 14.3 Å². The zero-order valence-corrected chi connectivity index (χ0v) is 11.4. The van der Waals surface area contributed by atoms with E-state index in [2.05, 4.69) is 17.1 Å². The highest BCUT2D eigenvalue weighted by molar-refractivity contribution is 5.76. The molecule has 0 aromatic heterocycles. The molecule has 1 N–H and O–H groups in total. The van der Waals surface area contributed by atoms with Crippen molar-refractivity contribution in [3.05, 3.63) is 0 Å². The minimum absolute atomic E-state index is 0.119. The maximum atomic E-state index is 11.7. The van der Waals surface area contributed by atoms with Crippen LogP contribution in [-0.2, 0) is 14.3 Å². The van der Waals surface area contributed by atoms with Crippen LogP contribution in [0.2, 0.25) is 0 Å². The van der Waals surface area contributed by atoms with Crippen LogP contribution in [0.15, 0.2) is 0 Å². The number of rotatable bonds is 6. The summed E-state index contributed by atoms with van der Waals surface area (Å²) in [7, 11) is 1.46. The van der Waals surface area contributed by atoms with E-state index in [0.29, 0.717) is 12.0 Å². The Labute approximate surface area is 109 Å². The van der Waals surface area contributed by atoms with Gasteiger partial charge in [-0.2, -0.15) is 0 Å². The molecular weight excluding hydrogens is 232 g/mol. The van der Waals surface area contributed by atoms with Crippen LogP contribution >= 0.6 is 0 Å². The lowest BCUT2D eigenvalue weighted by atomic mass is 10.1. The first-order valence-corrected chi connectivity index (χ1v) is 6.84. The Kier molecular flexibility index (Phi) is 4.97. The first-order chi connectivity index (χ1) is 8.70. The van der Waals surface area contributed by atoms with Crippen molar-refractivity contribution >= 4 is 5.97 Å². The van der Waals surface area contributed by atoms with Crippen LogP contribution in [0.1, 0.15) is 19.8 Å². The van der Waals surface area contributed by atoms with E-state index in [4.69, 9.17) is 9.47 Å². The van der Waals surface area contributed by atoms with Crippen LogP contribution in [-0.4, -0.2) is 62.9 Å². The fourth-order valence-electron chi connectivity index (χ4n) is 2.48. The van der Waals surface area contributed by atoms with Crippen molar-refractivity contribution in [3.8, 4) is 0 Å². The lowest BCUT2D eigenvalue weighted by molar-refractivity contribution is -0.144. The molecule has 0 spiro atoms. The molecule has 2 aliphatic rings. The van der Waals surface area contributed by atoms with Gasteiger partial charge in [0.15, 0.2) is 0 Å². The molecule has 0 aromatic rings. The van der Waals surface area contributed by atoms with Crippen molar-refractivity contribution in [1.82, 2.24) is 10.2 Å². The second kappa shape index (κ2) is 6.50. The number of esters is 1. The molecule has 1 aliphatic heterocycles. The lowest BCUT2D eigenvalue weighted by Gasteiger charge is -2.30. The van der Waals surface area contributed by atoms with E-state index in [9.17, 15) is 4.79 Å². The van der Waals surface area contributed by atoms with Gasteiger partial charge in [0.05, 0.1) is 20.3 Å². The molecular formula is C13H24N2O3. The van der Waals surface area contributed by atoms with Gasteiger partial charge in [-0.1, -0.05) is 0 Å².